The van der Waals surface area contributed by atoms with Gasteiger partial charge in [0.1, 0.15) is 6.61 Å². The van der Waals surface area contributed by atoms with Crippen LogP contribution in [0.4, 0.5) is 4.79 Å². The zero-order valence-electron chi connectivity index (χ0n) is 20.5. The minimum absolute atomic E-state index is 0.00972. The first kappa shape index (κ1) is 29.4. The van der Waals surface area contributed by atoms with Gasteiger partial charge in [0, 0.05) is 20.1 Å². The van der Waals surface area contributed by atoms with Gasteiger partial charge in [-0.15, -0.1) is 0 Å². The Labute approximate surface area is 223 Å². The second-order valence-corrected chi connectivity index (χ2v) is 9.41. The summed E-state index contributed by atoms with van der Waals surface area (Å²) >= 11 is 3.19. The van der Waals surface area contributed by atoms with Crippen molar-refractivity contribution in [3.8, 4) is 0 Å². The topological polar surface area (TPSA) is 141 Å². The minimum atomic E-state index is -1.90. The predicted octanol–water partition coefficient (Wildman–Crippen LogP) is 1.33. The van der Waals surface area contributed by atoms with Crippen LogP contribution in [0.25, 0.3) is 0 Å². The van der Waals surface area contributed by atoms with Crippen LogP contribution in [0, 0.1) is 0 Å². The summed E-state index contributed by atoms with van der Waals surface area (Å²) in [6.07, 6.45) is -1.86. The maximum Gasteiger partial charge on any atom is 0.417 e. The van der Waals surface area contributed by atoms with Crippen LogP contribution in [0.3, 0.4) is 0 Å². The smallest absolute Gasteiger partial charge is 0.417 e. The highest BCUT2D eigenvalue weighted by Gasteiger charge is 2.50. The van der Waals surface area contributed by atoms with Crippen LogP contribution in [0.1, 0.15) is 18.4 Å². The first-order chi connectivity index (χ1) is 17.8. The molecule has 37 heavy (non-hydrogen) atoms. The zero-order valence-corrected chi connectivity index (χ0v) is 22.1. The number of hydrogen-bond acceptors (Lipinski definition) is 10. The zero-order chi connectivity index (χ0) is 26.8. The van der Waals surface area contributed by atoms with E-state index in [-0.39, 0.29) is 37.3 Å². The number of carbonyl (C=O) groups excluding carboxylic acids is 3. The number of benzene rings is 1. The minimum Gasteiger partial charge on any atom is -0.447 e. The Morgan fingerprint density at radius 1 is 1.19 bits per heavy atom. The lowest BCUT2D eigenvalue weighted by Gasteiger charge is -2.38. The summed E-state index contributed by atoms with van der Waals surface area (Å²) in [5.41, 5.74) is 0.908. The number of carbonyl (C=O) groups is 3. The molecule has 0 spiro atoms. The Hall–Kier alpha value is -2.19. The molecule has 0 aliphatic carbocycles. The molecule has 1 saturated heterocycles. The predicted molar refractivity (Wildman–Crippen MR) is 133 cm³/mol. The average Bonchev–Trinajstić information content (AvgIpc) is 3.24. The number of rotatable bonds is 14. The number of methoxy groups -OCH3 is 1. The van der Waals surface area contributed by atoms with Gasteiger partial charge >= 0.3 is 6.09 Å². The highest BCUT2D eigenvalue weighted by atomic mass is 79.9. The number of ether oxygens (including phenoxy) is 5. The third-order valence-corrected chi connectivity index (χ3v) is 6.79. The Kier molecular flexibility index (Phi) is 11.2. The quantitative estimate of drug-likeness (QED) is 0.307. The number of aliphatic hydroxyl groups excluding tert-OH is 1. The van der Waals surface area contributed by atoms with E-state index in [2.05, 4.69) is 15.9 Å². The molecule has 3 rings (SSSR count). The van der Waals surface area contributed by atoms with Gasteiger partial charge in [0.15, 0.2) is 23.8 Å². The second kappa shape index (κ2) is 14.1. The van der Waals surface area contributed by atoms with Gasteiger partial charge in [-0.1, -0.05) is 30.3 Å². The SMILES string of the molecule is CO[C@@H](C(=O)N1C(=O)OC[C@H]1Cc1ccccc1)[C@H]1O[C@@](O)(CCCOCCOCCO)C(Br)=CC1=O. The second-order valence-electron chi connectivity index (χ2n) is 8.55. The Morgan fingerprint density at radius 2 is 1.89 bits per heavy atom. The molecule has 1 fully saturated rings. The number of ketones is 1. The number of aliphatic hydroxyl groups is 2. The van der Waals surface area contributed by atoms with Crippen LogP contribution in [-0.4, -0.2) is 104 Å². The average molecular weight is 586 g/mol. The Bertz CT molecular complexity index is 958. The van der Waals surface area contributed by atoms with E-state index >= 15 is 0 Å². The van der Waals surface area contributed by atoms with Crippen molar-refractivity contribution in [2.45, 2.75) is 43.3 Å². The molecule has 2 aliphatic rings. The van der Waals surface area contributed by atoms with E-state index in [4.69, 9.17) is 28.8 Å². The summed E-state index contributed by atoms with van der Waals surface area (Å²) in [6, 6.07) is 8.74. The fourth-order valence-electron chi connectivity index (χ4n) is 4.09. The van der Waals surface area contributed by atoms with Crippen LogP contribution < -0.4 is 0 Å². The van der Waals surface area contributed by atoms with Gasteiger partial charge in [-0.25, -0.2) is 9.69 Å². The van der Waals surface area contributed by atoms with Gasteiger partial charge in [-0.2, -0.15) is 0 Å². The number of amides is 2. The van der Waals surface area contributed by atoms with Gasteiger partial charge in [0.25, 0.3) is 5.91 Å². The molecular weight excluding hydrogens is 554 g/mol. The largest absolute Gasteiger partial charge is 0.447 e. The summed E-state index contributed by atoms with van der Waals surface area (Å²) in [5.74, 6) is -3.29. The summed E-state index contributed by atoms with van der Waals surface area (Å²) in [5, 5.41) is 19.8. The third-order valence-electron chi connectivity index (χ3n) is 5.94. The molecule has 0 saturated carbocycles. The van der Waals surface area contributed by atoms with Gasteiger partial charge in [-0.05, 0) is 40.4 Å². The van der Waals surface area contributed by atoms with E-state index in [1.807, 2.05) is 30.3 Å². The summed E-state index contributed by atoms with van der Waals surface area (Å²) in [7, 11) is 1.23. The fraction of sp³-hybridized carbons (Fsp3) is 0.560. The number of halogens is 1. The van der Waals surface area contributed by atoms with Crippen molar-refractivity contribution in [3.63, 3.8) is 0 Å². The van der Waals surface area contributed by atoms with E-state index in [0.29, 0.717) is 26.1 Å². The van der Waals surface area contributed by atoms with Crippen LogP contribution in [0.2, 0.25) is 0 Å². The number of hydrogen-bond donors (Lipinski definition) is 2. The molecule has 2 heterocycles. The molecule has 0 radical (unpaired) electrons. The monoisotopic (exact) mass is 585 g/mol. The van der Waals surface area contributed by atoms with Crippen molar-refractivity contribution in [1.82, 2.24) is 4.90 Å². The first-order valence-electron chi connectivity index (χ1n) is 12.0. The van der Waals surface area contributed by atoms with Crippen molar-refractivity contribution < 1.29 is 48.3 Å². The van der Waals surface area contributed by atoms with Crippen molar-refractivity contribution >= 4 is 33.7 Å². The summed E-state index contributed by atoms with van der Waals surface area (Å²) < 4.78 is 26.9. The number of cyclic esters (lactones) is 1. The molecule has 204 valence electrons. The molecule has 1 aromatic rings. The molecule has 2 N–H and O–H groups in total. The molecule has 0 aromatic heterocycles. The van der Waals surface area contributed by atoms with Crippen LogP contribution in [0.5, 0.6) is 0 Å². The Balaban J connectivity index is 1.64. The highest BCUT2D eigenvalue weighted by Crippen LogP contribution is 2.36. The Morgan fingerprint density at radius 3 is 2.57 bits per heavy atom. The maximum atomic E-state index is 13.4. The maximum absolute atomic E-state index is 13.4. The van der Waals surface area contributed by atoms with E-state index in [0.717, 1.165) is 16.5 Å². The summed E-state index contributed by atoms with van der Waals surface area (Å²) in [6.45, 7) is 1.08. The van der Waals surface area contributed by atoms with Crippen LogP contribution in [-0.2, 0) is 39.7 Å². The molecule has 2 aliphatic heterocycles. The number of nitrogens with zero attached hydrogens (tertiary/aromatic N) is 1. The number of imide groups is 1. The van der Waals surface area contributed by atoms with Gasteiger partial charge in [-0.3, -0.25) is 9.59 Å². The molecule has 0 unspecified atom stereocenters. The molecule has 0 bridgehead atoms. The van der Waals surface area contributed by atoms with Gasteiger partial charge in [0.2, 0.25) is 0 Å². The standard InChI is InChI=1S/C25H32BrNO10/c1-33-22(23(30)27-18(16-36-24(27)31)14-17-6-3-2-4-7-17)21-19(29)15-20(26)25(32,37-21)8-5-10-34-12-13-35-11-9-28/h2-4,6-7,15,18,21-22,28,32H,5,8-14,16H2,1H3/t18-,21+,22-,25+/m1/s1. The fourth-order valence-corrected chi connectivity index (χ4v) is 4.61. The van der Waals surface area contributed by atoms with E-state index in [1.54, 1.807) is 0 Å². The lowest BCUT2D eigenvalue weighted by molar-refractivity contribution is -0.227. The van der Waals surface area contributed by atoms with E-state index in [1.165, 1.54) is 7.11 Å². The lowest BCUT2D eigenvalue weighted by atomic mass is 9.99. The molecule has 11 nitrogen and oxygen atoms in total. The molecule has 4 atom stereocenters. The normalized spacial score (nSPS) is 24.6. The molecule has 2 amide bonds. The lowest BCUT2D eigenvalue weighted by Crippen LogP contribution is -2.56. The molecular formula is C25H32BrNO10. The van der Waals surface area contributed by atoms with E-state index < -0.39 is 41.8 Å². The van der Waals surface area contributed by atoms with Crippen molar-refractivity contribution in [2.24, 2.45) is 0 Å². The van der Waals surface area contributed by atoms with Gasteiger partial charge in [0.05, 0.1) is 37.0 Å². The van der Waals surface area contributed by atoms with Crippen molar-refractivity contribution in [3.05, 3.63) is 46.5 Å². The van der Waals surface area contributed by atoms with Crippen LogP contribution in [0.15, 0.2) is 40.9 Å². The molecule has 12 heteroatoms. The molecule has 1 aromatic carbocycles. The summed E-state index contributed by atoms with van der Waals surface area (Å²) in [4.78, 5) is 39.7. The van der Waals surface area contributed by atoms with Crippen LogP contribution >= 0.6 is 15.9 Å². The third kappa shape index (κ3) is 7.66. The van der Waals surface area contributed by atoms with E-state index in [9.17, 15) is 19.5 Å². The highest BCUT2D eigenvalue weighted by molar-refractivity contribution is 9.11. The van der Waals surface area contributed by atoms with Gasteiger partial charge < -0.3 is 33.9 Å². The van der Waals surface area contributed by atoms with Crippen molar-refractivity contribution in [1.29, 1.82) is 0 Å². The van der Waals surface area contributed by atoms with Crippen molar-refractivity contribution in [2.75, 3.05) is 46.8 Å². The first-order valence-corrected chi connectivity index (χ1v) is 12.7.